The normalized spacial score (nSPS) is 11.5. The molecule has 0 aliphatic rings. The Kier molecular flexibility index (Phi) is 5.97. The van der Waals surface area contributed by atoms with Crippen molar-refractivity contribution in [1.29, 1.82) is 0 Å². The quantitative estimate of drug-likeness (QED) is 0.715. The average molecular weight is 310 g/mol. The van der Waals surface area contributed by atoms with Gasteiger partial charge in [-0.2, -0.15) is 0 Å². The predicted octanol–water partition coefficient (Wildman–Crippen LogP) is 4.82. The van der Waals surface area contributed by atoms with Gasteiger partial charge in [-0.25, -0.2) is 0 Å². The third kappa shape index (κ3) is 6.68. The molecule has 2 nitrogen and oxygen atoms in total. The summed E-state index contributed by atoms with van der Waals surface area (Å²) in [5.74, 6) is 0.129. The molecule has 0 saturated carbocycles. The Balaban J connectivity index is 2.06. The molecule has 0 aromatic heterocycles. The van der Waals surface area contributed by atoms with Gasteiger partial charge >= 0.3 is 5.97 Å². The van der Waals surface area contributed by atoms with Gasteiger partial charge in [0, 0.05) is 6.42 Å². The molecule has 0 amide bonds. The predicted molar refractivity (Wildman–Crippen MR) is 94.2 cm³/mol. The summed E-state index contributed by atoms with van der Waals surface area (Å²) in [6.07, 6.45) is 2.21. The molecule has 0 aliphatic heterocycles. The Bertz CT molecular complexity index is 555. The third-order valence-electron chi connectivity index (χ3n) is 3.61. The van der Waals surface area contributed by atoms with Crippen molar-refractivity contribution in [3.8, 4) is 0 Å². The van der Waals surface area contributed by atoms with Crippen LogP contribution < -0.4 is 0 Å². The van der Waals surface area contributed by atoms with E-state index < -0.39 is 5.60 Å². The van der Waals surface area contributed by atoms with E-state index in [1.54, 1.807) is 0 Å². The lowest BCUT2D eigenvalue weighted by Gasteiger charge is -2.22. The molecule has 23 heavy (non-hydrogen) atoms. The second-order valence-electron chi connectivity index (χ2n) is 7.04. The second kappa shape index (κ2) is 7.96. The van der Waals surface area contributed by atoms with E-state index >= 15 is 0 Å². The minimum atomic E-state index is -0.429. The van der Waals surface area contributed by atoms with Crippen LogP contribution in [0.4, 0.5) is 0 Å². The van der Waals surface area contributed by atoms with Crippen LogP contribution >= 0.6 is 0 Å². The highest BCUT2D eigenvalue weighted by atomic mass is 16.6. The Labute approximate surface area is 139 Å². The minimum absolute atomic E-state index is 0.116. The maximum atomic E-state index is 12.2. The van der Waals surface area contributed by atoms with E-state index in [0.717, 1.165) is 12.8 Å². The molecular weight excluding hydrogens is 284 g/mol. The van der Waals surface area contributed by atoms with E-state index in [9.17, 15) is 4.79 Å². The number of ether oxygens (including phenoxy) is 1. The van der Waals surface area contributed by atoms with Gasteiger partial charge in [-0.3, -0.25) is 4.79 Å². The molecule has 0 fully saturated rings. The molecule has 2 aromatic carbocycles. The fourth-order valence-electron chi connectivity index (χ4n) is 2.73. The Morgan fingerprint density at radius 2 is 1.30 bits per heavy atom. The van der Waals surface area contributed by atoms with Crippen LogP contribution in [0.15, 0.2) is 60.7 Å². The molecule has 0 saturated heterocycles. The van der Waals surface area contributed by atoms with Crippen LogP contribution in [0.25, 0.3) is 0 Å². The highest BCUT2D eigenvalue weighted by Gasteiger charge is 2.21. The van der Waals surface area contributed by atoms with Gasteiger partial charge < -0.3 is 4.74 Å². The summed E-state index contributed by atoms with van der Waals surface area (Å²) in [6, 6.07) is 20.7. The molecule has 122 valence electrons. The summed E-state index contributed by atoms with van der Waals surface area (Å²) in [4.78, 5) is 12.2. The van der Waals surface area contributed by atoms with Crippen molar-refractivity contribution in [2.75, 3.05) is 0 Å². The molecule has 0 radical (unpaired) electrons. The SMILES string of the molecule is CC(C)(C)OC(=O)CC(Cc1ccccc1)Cc1ccccc1. The van der Waals surface area contributed by atoms with Crippen molar-refractivity contribution in [1.82, 2.24) is 0 Å². The van der Waals surface area contributed by atoms with E-state index in [1.807, 2.05) is 57.2 Å². The first-order chi connectivity index (χ1) is 10.9. The average Bonchev–Trinajstić information content (AvgIpc) is 2.47. The molecular formula is C21H26O2. The topological polar surface area (TPSA) is 26.3 Å². The lowest BCUT2D eigenvalue weighted by molar-refractivity contribution is -0.155. The molecule has 0 bridgehead atoms. The van der Waals surface area contributed by atoms with Crippen molar-refractivity contribution in [3.05, 3.63) is 71.8 Å². The van der Waals surface area contributed by atoms with Crippen molar-refractivity contribution in [2.24, 2.45) is 5.92 Å². The van der Waals surface area contributed by atoms with Crippen LogP contribution in [0, 0.1) is 5.92 Å². The molecule has 0 aliphatic carbocycles. The minimum Gasteiger partial charge on any atom is -0.460 e. The van der Waals surface area contributed by atoms with Crippen LogP contribution in [0.5, 0.6) is 0 Å². The van der Waals surface area contributed by atoms with Crippen molar-refractivity contribution in [3.63, 3.8) is 0 Å². The van der Waals surface area contributed by atoms with E-state index in [0.29, 0.717) is 6.42 Å². The molecule has 0 N–H and O–H groups in total. The summed E-state index contributed by atoms with van der Waals surface area (Å²) < 4.78 is 5.50. The van der Waals surface area contributed by atoms with Gasteiger partial charge in [0.25, 0.3) is 0 Å². The van der Waals surface area contributed by atoms with Gasteiger partial charge in [0.2, 0.25) is 0 Å². The fraction of sp³-hybridized carbons (Fsp3) is 0.381. The summed E-state index contributed by atoms with van der Waals surface area (Å²) in [7, 11) is 0. The van der Waals surface area contributed by atoms with Crippen LogP contribution in [-0.2, 0) is 22.4 Å². The highest BCUT2D eigenvalue weighted by molar-refractivity contribution is 5.70. The maximum absolute atomic E-state index is 12.2. The second-order valence-corrected chi connectivity index (χ2v) is 7.04. The Morgan fingerprint density at radius 3 is 1.70 bits per heavy atom. The number of carbonyl (C=O) groups is 1. The van der Waals surface area contributed by atoms with Crippen molar-refractivity contribution >= 4 is 5.97 Å². The van der Waals surface area contributed by atoms with Crippen LogP contribution in [0.1, 0.15) is 38.3 Å². The summed E-state index contributed by atoms with van der Waals surface area (Å²) in [6.45, 7) is 5.73. The highest BCUT2D eigenvalue weighted by Crippen LogP contribution is 2.20. The molecule has 0 unspecified atom stereocenters. The van der Waals surface area contributed by atoms with E-state index in [2.05, 4.69) is 24.3 Å². The van der Waals surface area contributed by atoms with Gasteiger partial charge in [0.1, 0.15) is 5.60 Å². The molecule has 2 rings (SSSR count). The number of rotatable bonds is 6. The lowest BCUT2D eigenvalue weighted by atomic mass is 9.90. The zero-order valence-corrected chi connectivity index (χ0v) is 14.3. The molecule has 2 heteroatoms. The first kappa shape index (κ1) is 17.3. The number of benzene rings is 2. The summed E-state index contributed by atoms with van der Waals surface area (Å²) in [5, 5.41) is 0. The zero-order valence-electron chi connectivity index (χ0n) is 14.3. The standard InChI is InChI=1S/C21H26O2/c1-21(2,3)23-20(22)16-19(14-17-10-6-4-7-11-17)15-18-12-8-5-9-13-18/h4-13,19H,14-16H2,1-3H3. The lowest BCUT2D eigenvalue weighted by Crippen LogP contribution is -2.26. The van der Waals surface area contributed by atoms with E-state index in [4.69, 9.17) is 4.74 Å². The van der Waals surface area contributed by atoms with Crippen LogP contribution in [0.3, 0.4) is 0 Å². The van der Waals surface area contributed by atoms with Gasteiger partial charge in [0.05, 0.1) is 0 Å². The molecule has 0 atom stereocenters. The smallest absolute Gasteiger partial charge is 0.306 e. The summed E-state index contributed by atoms with van der Waals surface area (Å²) in [5.41, 5.74) is 2.09. The van der Waals surface area contributed by atoms with Crippen LogP contribution in [0.2, 0.25) is 0 Å². The van der Waals surface area contributed by atoms with Crippen molar-refractivity contribution < 1.29 is 9.53 Å². The first-order valence-corrected chi connectivity index (χ1v) is 8.22. The molecule has 2 aromatic rings. The van der Waals surface area contributed by atoms with E-state index in [1.165, 1.54) is 11.1 Å². The monoisotopic (exact) mass is 310 g/mol. The van der Waals surface area contributed by atoms with Gasteiger partial charge in [-0.1, -0.05) is 60.7 Å². The molecule has 0 spiro atoms. The van der Waals surface area contributed by atoms with Gasteiger partial charge in [-0.05, 0) is 50.7 Å². The Morgan fingerprint density at radius 1 is 0.870 bits per heavy atom. The van der Waals surface area contributed by atoms with Crippen LogP contribution in [-0.4, -0.2) is 11.6 Å². The number of hydrogen-bond donors (Lipinski definition) is 0. The summed E-state index contributed by atoms with van der Waals surface area (Å²) >= 11 is 0. The van der Waals surface area contributed by atoms with E-state index in [-0.39, 0.29) is 11.9 Å². The fourth-order valence-corrected chi connectivity index (χ4v) is 2.73. The molecule has 0 heterocycles. The zero-order chi connectivity index (χ0) is 16.7. The number of carbonyl (C=O) groups excluding carboxylic acids is 1. The first-order valence-electron chi connectivity index (χ1n) is 8.22. The van der Waals surface area contributed by atoms with Crippen molar-refractivity contribution in [2.45, 2.75) is 45.6 Å². The number of hydrogen-bond acceptors (Lipinski definition) is 2. The Hall–Kier alpha value is -2.09. The van der Waals surface area contributed by atoms with Gasteiger partial charge in [-0.15, -0.1) is 0 Å². The van der Waals surface area contributed by atoms with Gasteiger partial charge in [0.15, 0.2) is 0 Å². The largest absolute Gasteiger partial charge is 0.460 e. The maximum Gasteiger partial charge on any atom is 0.306 e. The number of esters is 1. The third-order valence-corrected chi connectivity index (χ3v) is 3.61.